The SMILES string of the molecule is CO[C@@H]1CNC[C@@H]1F.CO[C@H]1CNC[C@H]1F.Cl.Cl. The molecule has 4 nitrogen and oxygen atoms in total. The minimum absolute atomic E-state index is 0. The van der Waals surface area contributed by atoms with Gasteiger partial charge in [-0.2, -0.15) is 0 Å². The van der Waals surface area contributed by atoms with Gasteiger partial charge in [0.1, 0.15) is 24.6 Å². The van der Waals surface area contributed by atoms with Crippen LogP contribution in [0.2, 0.25) is 0 Å². The van der Waals surface area contributed by atoms with Crippen molar-refractivity contribution >= 4 is 24.8 Å². The normalized spacial score (nSPS) is 34.0. The van der Waals surface area contributed by atoms with Crippen LogP contribution < -0.4 is 10.6 Å². The summed E-state index contributed by atoms with van der Waals surface area (Å²) in [6.07, 6.45) is -2.04. The lowest BCUT2D eigenvalue weighted by Crippen LogP contribution is -2.21. The van der Waals surface area contributed by atoms with Crippen LogP contribution in [0.25, 0.3) is 0 Å². The molecule has 0 radical (unpaired) electrons. The first-order valence-electron chi connectivity index (χ1n) is 5.44. The van der Waals surface area contributed by atoms with Crippen LogP contribution in [-0.2, 0) is 9.47 Å². The number of hydrogen-bond donors (Lipinski definition) is 2. The third kappa shape index (κ3) is 6.45. The van der Waals surface area contributed by atoms with Gasteiger partial charge in [0.05, 0.1) is 0 Å². The summed E-state index contributed by atoms with van der Waals surface area (Å²) in [5.74, 6) is 0. The standard InChI is InChI=1S/2C5H10FNO.2ClH/c2*1-8-5-3-7-2-4(5)6;;/h2*4-5,7H,2-3H2,1H3;2*1H/t2*4-,5+;;/m10../s1. The van der Waals surface area contributed by atoms with E-state index < -0.39 is 12.3 Å². The van der Waals surface area contributed by atoms with Gasteiger partial charge in [0.2, 0.25) is 0 Å². The predicted octanol–water partition coefficient (Wildman–Crippen LogP) is 0.729. The minimum atomic E-state index is -0.806. The number of alkyl halides is 2. The number of halogens is 4. The molecule has 0 saturated carbocycles. The molecule has 2 fully saturated rings. The fourth-order valence-corrected chi connectivity index (χ4v) is 1.71. The molecule has 8 heteroatoms. The van der Waals surface area contributed by atoms with Gasteiger partial charge in [-0.15, -0.1) is 24.8 Å². The van der Waals surface area contributed by atoms with Crippen LogP contribution in [0, 0.1) is 0 Å². The smallest absolute Gasteiger partial charge is 0.140 e. The molecule has 0 aromatic carbocycles. The summed E-state index contributed by atoms with van der Waals surface area (Å²) in [5, 5.41) is 5.75. The van der Waals surface area contributed by atoms with Crippen LogP contribution in [-0.4, -0.2) is 64.9 Å². The maximum atomic E-state index is 12.4. The predicted molar refractivity (Wildman–Crippen MR) is 71.6 cm³/mol. The Balaban J connectivity index is 0. The van der Waals surface area contributed by atoms with E-state index in [2.05, 4.69) is 10.6 Å². The van der Waals surface area contributed by atoms with E-state index in [-0.39, 0.29) is 37.0 Å². The van der Waals surface area contributed by atoms with Crippen molar-refractivity contribution in [1.29, 1.82) is 0 Å². The molecule has 0 unspecified atom stereocenters. The zero-order valence-electron chi connectivity index (χ0n) is 10.5. The molecule has 2 N–H and O–H groups in total. The molecule has 0 amide bonds. The highest BCUT2D eigenvalue weighted by Gasteiger charge is 2.26. The number of rotatable bonds is 2. The van der Waals surface area contributed by atoms with Crippen LogP contribution in [0.15, 0.2) is 0 Å². The van der Waals surface area contributed by atoms with Crippen molar-refractivity contribution < 1.29 is 18.3 Å². The molecule has 0 aliphatic carbocycles. The van der Waals surface area contributed by atoms with Gasteiger partial charge in [0.15, 0.2) is 0 Å². The van der Waals surface area contributed by atoms with Gasteiger partial charge >= 0.3 is 0 Å². The summed E-state index contributed by atoms with van der Waals surface area (Å²) >= 11 is 0. The Bertz CT molecular complexity index is 187. The molecular weight excluding hydrogens is 289 g/mol. The van der Waals surface area contributed by atoms with Gasteiger partial charge in [-0.1, -0.05) is 0 Å². The molecule has 4 atom stereocenters. The van der Waals surface area contributed by atoms with Crippen LogP contribution in [0.5, 0.6) is 0 Å². The lowest BCUT2D eigenvalue weighted by Gasteiger charge is -2.06. The Kier molecular flexibility index (Phi) is 12.7. The number of hydrogen-bond acceptors (Lipinski definition) is 4. The number of ether oxygens (including phenoxy) is 2. The lowest BCUT2D eigenvalue weighted by atomic mass is 10.3. The zero-order valence-corrected chi connectivity index (χ0v) is 12.2. The van der Waals surface area contributed by atoms with Crippen molar-refractivity contribution in [2.45, 2.75) is 24.6 Å². The third-order valence-corrected chi connectivity index (χ3v) is 2.78. The molecule has 0 aromatic rings. The topological polar surface area (TPSA) is 42.5 Å². The summed E-state index contributed by atoms with van der Waals surface area (Å²) in [6.45, 7) is 2.19. The van der Waals surface area contributed by atoms with Crippen molar-refractivity contribution in [1.82, 2.24) is 10.6 Å². The quantitative estimate of drug-likeness (QED) is 0.789. The van der Waals surface area contributed by atoms with E-state index in [9.17, 15) is 8.78 Å². The van der Waals surface area contributed by atoms with E-state index >= 15 is 0 Å². The summed E-state index contributed by atoms with van der Waals surface area (Å²) in [5.41, 5.74) is 0. The van der Waals surface area contributed by atoms with Crippen LogP contribution in [0.3, 0.4) is 0 Å². The van der Waals surface area contributed by atoms with E-state index in [1.807, 2.05) is 0 Å². The average molecular weight is 311 g/mol. The van der Waals surface area contributed by atoms with Crippen LogP contribution in [0.1, 0.15) is 0 Å². The Morgan fingerprint density at radius 2 is 1.11 bits per heavy atom. The van der Waals surface area contributed by atoms with Gasteiger partial charge in [-0.05, 0) is 0 Å². The Morgan fingerprint density at radius 3 is 1.22 bits per heavy atom. The van der Waals surface area contributed by atoms with E-state index in [0.717, 1.165) is 0 Å². The first-order chi connectivity index (χ1) is 7.69. The third-order valence-electron chi connectivity index (χ3n) is 2.78. The van der Waals surface area contributed by atoms with Crippen molar-refractivity contribution in [2.75, 3.05) is 40.4 Å². The van der Waals surface area contributed by atoms with Crippen LogP contribution >= 0.6 is 24.8 Å². The Labute approximate surface area is 119 Å². The molecule has 2 heterocycles. The number of nitrogens with one attached hydrogen (secondary N) is 2. The molecule has 2 rings (SSSR count). The second kappa shape index (κ2) is 11.1. The van der Waals surface area contributed by atoms with Gasteiger partial charge in [0.25, 0.3) is 0 Å². The van der Waals surface area contributed by atoms with Crippen molar-refractivity contribution in [3.05, 3.63) is 0 Å². The van der Waals surface area contributed by atoms with Crippen molar-refractivity contribution in [3.8, 4) is 0 Å². The summed E-state index contributed by atoms with van der Waals surface area (Å²) in [4.78, 5) is 0. The molecule has 0 aromatic heterocycles. The maximum Gasteiger partial charge on any atom is 0.140 e. The molecule has 0 bridgehead atoms. The summed E-state index contributed by atoms with van der Waals surface area (Å²) in [7, 11) is 3.06. The number of methoxy groups -OCH3 is 2. The average Bonchev–Trinajstić information content (AvgIpc) is 2.87. The molecule has 2 aliphatic rings. The van der Waals surface area contributed by atoms with Gasteiger partial charge < -0.3 is 20.1 Å². The first kappa shape index (κ1) is 20.6. The second-order valence-corrected chi connectivity index (χ2v) is 3.90. The molecule has 2 aliphatic heterocycles. The van der Waals surface area contributed by atoms with E-state index in [1.54, 1.807) is 0 Å². The largest absolute Gasteiger partial charge is 0.377 e. The molecule has 0 spiro atoms. The second-order valence-electron chi connectivity index (χ2n) is 3.90. The van der Waals surface area contributed by atoms with Crippen LogP contribution in [0.4, 0.5) is 8.78 Å². The van der Waals surface area contributed by atoms with E-state index in [0.29, 0.717) is 26.2 Å². The molecular formula is C10H22Cl2F2N2O2. The van der Waals surface area contributed by atoms with Gasteiger partial charge in [0, 0.05) is 40.4 Å². The fourth-order valence-electron chi connectivity index (χ4n) is 1.71. The Morgan fingerprint density at radius 1 is 0.778 bits per heavy atom. The fraction of sp³-hybridized carbons (Fsp3) is 1.00. The van der Waals surface area contributed by atoms with E-state index in [4.69, 9.17) is 9.47 Å². The summed E-state index contributed by atoms with van der Waals surface area (Å²) in [6, 6.07) is 0. The molecule has 112 valence electrons. The zero-order chi connectivity index (χ0) is 12.0. The molecule has 2 saturated heterocycles. The lowest BCUT2D eigenvalue weighted by molar-refractivity contribution is 0.0647. The van der Waals surface area contributed by atoms with Crippen molar-refractivity contribution in [2.24, 2.45) is 0 Å². The minimum Gasteiger partial charge on any atom is -0.377 e. The highest BCUT2D eigenvalue weighted by molar-refractivity contribution is 5.85. The van der Waals surface area contributed by atoms with E-state index in [1.165, 1.54) is 14.2 Å². The highest BCUT2D eigenvalue weighted by atomic mass is 35.5. The summed E-state index contributed by atoms with van der Waals surface area (Å²) < 4.78 is 34.4. The molecule has 18 heavy (non-hydrogen) atoms. The van der Waals surface area contributed by atoms with Gasteiger partial charge in [-0.25, -0.2) is 8.78 Å². The van der Waals surface area contributed by atoms with Crippen molar-refractivity contribution in [3.63, 3.8) is 0 Å². The highest BCUT2D eigenvalue weighted by Crippen LogP contribution is 2.06. The Hall–Kier alpha value is 0.280. The monoisotopic (exact) mass is 310 g/mol. The maximum absolute atomic E-state index is 12.4. The first-order valence-corrected chi connectivity index (χ1v) is 5.44. The van der Waals surface area contributed by atoms with Gasteiger partial charge in [-0.3, -0.25) is 0 Å².